The quantitative estimate of drug-likeness (QED) is 0.752. The summed E-state index contributed by atoms with van der Waals surface area (Å²) in [5.74, 6) is -1.07. The van der Waals surface area contributed by atoms with Gasteiger partial charge < -0.3 is 9.30 Å². The average molecular weight is 397 g/mol. The molecule has 0 radical (unpaired) electrons. The lowest BCUT2D eigenvalue weighted by Crippen LogP contribution is -2.46. The summed E-state index contributed by atoms with van der Waals surface area (Å²) in [7, 11) is 0. The van der Waals surface area contributed by atoms with Crippen molar-refractivity contribution < 1.29 is 27.5 Å². The standard InChI is InChI=1S/C18H18F3N3O4/c1-11-6-12(2)8-13(7-11)28-10-16(26)23-22-15(25)9-24-5-3-4-14(17(24)27)18(19,20)21/h3-8H,9-10H2,1-2H3,(H,22,25)(H,23,26). The number of nitrogens with zero attached hydrogens (tertiary/aromatic N) is 1. The van der Waals surface area contributed by atoms with Crippen LogP contribution < -0.4 is 21.1 Å². The lowest BCUT2D eigenvalue weighted by molar-refractivity contribution is -0.139. The number of benzene rings is 1. The van der Waals surface area contributed by atoms with Crippen molar-refractivity contribution >= 4 is 11.8 Å². The molecule has 0 aliphatic carbocycles. The van der Waals surface area contributed by atoms with Crippen molar-refractivity contribution in [2.75, 3.05) is 6.61 Å². The molecule has 0 aliphatic rings. The minimum absolute atomic E-state index is 0.382. The first-order valence-corrected chi connectivity index (χ1v) is 8.11. The fourth-order valence-electron chi connectivity index (χ4n) is 2.41. The molecule has 1 heterocycles. The van der Waals surface area contributed by atoms with Crippen LogP contribution in [0.5, 0.6) is 5.75 Å². The van der Waals surface area contributed by atoms with E-state index >= 15 is 0 Å². The van der Waals surface area contributed by atoms with Crippen molar-refractivity contribution in [1.82, 2.24) is 15.4 Å². The van der Waals surface area contributed by atoms with Crippen molar-refractivity contribution in [3.05, 3.63) is 63.6 Å². The van der Waals surface area contributed by atoms with Crippen LogP contribution in [0.15, 0.2) is 41.3 Å². The summed E-state index contributed by atoms with van der Waals surface area (Å²) in [5, 5.41) is 0. The Morgan fingerprint density at radius 3 is 2.29 bits per heavy atom. The molecule has 0 saturated heterocycles. The monoisotopic (exact) mass is 397 g/mol. The summed E-state index contributed by atoms with van der Waals surface area (Å²) in [5.41, 5.74) is 3.26. The number of nitrogens with one attached hydrogen (secondary N) is 2. The number of rotatable bonds is 5. The molecule has 0 unspecified atom stereocenters. The maximum absolute atomic E-state index is 12.7. The van der Waals surface area contributed by atoms with Gasteiger partial charge in [-0.3, -0.25) is 25.2 Å². The van der Waals surface area contributed by atoms with Crippen molar-refractivity contribution in [2.24, 2.45) is 0 Å². The van der Waals surface area contributed by atoms with E-state index in [0.717, 1.165) is 23.4 Å². The zero-order valence-corrected chi connectivity index (χ0v) is 15.1. The van der Waals surface area contributed by atoms with Crippen LogP contribution in [-0.2, 0) is 22.3 Å². The SMILES string of the molecule is Cc1cc(C)cc(OCC(=O)NNC(=O)Cn2cccc(C(F)(F)F)c2=O)c1. The fraction of sp³-hybridized carbons (Fsp3) is 0.278. The van der Waals surface area contributed by atoms with E-state index in [-0.39, 0.29) is 6.61 Å². The van der Waals surface area contributed by atoms with Crippen molar-refractivity contribution in [2.45, 2.75) is 26.6 Å². The van der Waals surface area contributed by atoms with E-state index < -0.39 is 35.7 Å². The highest BCUT2D eigenvalue weighted by molar-refractivity contribution is 5.82. The Morgan fingerprint density at radius 2 is 1.68 bits per heavy atom. The van der Waals surface area contributed by atoms with Gasteiger partial charge in [-0.15, -0.1) is 0 Å². The van der Waals surface area contributed by atoms with E-state index in [2.05, 4.69) is 5.43 Å². The normalized spacial score (nSPS) is 11.0. The van der Waals surface area contributed by atoms with E-state index in [0.29, 0.717) is 16.4 Å². The number of hydrazine groups is 1. The highest BCUT2D eigenvalue weighted by Gasteiger charge is 2.34. The molecule has 0 atom stereocenters. The molecular weight excluding hydrogens is 379 g/mol. The molecule has 2 N–H and O–H groups in total. The molecule has 2 rings (SSSR count). The number of carbonyl (C=O) groups excluding carboxylic acids is 2. The van der Waals surface area contributed by atoms with E-state index in [4.69, 9.17) is 4.74 Å². The van der Waals surface area contributed by atoms with Gasteiger partial charge in [0.05, 0.1) is 0 Å². The van der Waals surface area contributed by atoms with Gasteiger partial charge in [0, 0.05) is 6.20 Å². The Morgan fingerprint density at radius 1 is 1.07 bits per heavy atom. The largest absolute Gasteiger partial charge is 0.484 e. The Hall–Kier alpha value is -3.30. The number of pyridine rings is 1. The number of ether oxygens (including phenoxy) is 1. The van der Waals surface area contributed by atoms with Gasteiger partial charge in [-0.2, -0.15) is 13.2 Å². The third-order valence-electron chi connectivity index (χ3n) is 3.55. The van der Waals surface area contributed by atoms with E-state index in [1.165, 1.54) is 0 Å². The van der Waals surface area contributed by atoms with Gasteiger partial charge in [-0.05, 0) is 49.2 Å². The second kappa shape index (κ2) is 8.59. The maximum Gasteiger partial charge on any atom is 0.421 e. The second-order valence-electron chi connectivity index (χ2n) is 6.06. The highest BCUT2D eigenvalue weighted by atomic mass is 19.4. The average Bonchev–Trinajstić information content (AvgIpc) is 2.58. The van der Waals surface area contributed by atoms with Crippen LogP contribution in [0, 0.1) is 13.8 Å². The molecule has 1 aromatic heterocycles. The number of aryl methyl sites for hydroxylation is 2. The highest BCUT2D eigenvalue weighted by Crippen LogP contribution is 2.25. The molecule has 0 fully saturated rings. The van der Waals surface area contributed by atoms with E-state index in [1.54, 1.807) is 12.1 Å². The maximum atomic E-state index is 12.7. The number of aromatic nitrogens is 1. The van der Waals surface area contributed by atoms with Gasteiger partial charge in [-0.1, -0.05) is 6.07 Å². The lowest BCUT2D eigenvalue weighted by atomic mass is 10.1. The second-order valence-corrected chi connectivity index (χ2v) is 6.06. The van der Waals surface area contributed by atoms with Crippen molar-refractivity contribution in [3.63, 3.8) is 0 Å². The number of amides is 2. The predicted octanol–water partition coefficient (Wildman–Crippen LogP) is 1.71. The first-order valence-electron chi connectivity index (χ1n) is 8.11. The first kappa shape index (κ1) is 21.0. The molecule has 0 aliphatic heterocycles. The lowest BCUT2D eigenvalue weighted by Gasteiger charge is -2.12. The van der Waals surface area contributed by atoms with Crippen LogP contribution in [0.25, 0.3) is 0 Å². The van der Waals surface area contributed by atoms with Crippen LogP contribution >= 0.6 is 0 Å². The van der Waals surface area contributed by atoms with Gasteiger partial charge in [0.2, 0.25) is 0 Å². The fourth-order valence-corrected chi connectivity index (χ4v) is 2.41. The van der Waals surface area contributed by atoms with Gasteiger partial charge in [0.15, 0.2) is 6.61 Å². The minimum Gasteiger partial charge on any atom is -0.484 e. The smallest absolute Gasteiger partial charge is 0.421 e. The third kappa shape index (κ3) is 5.86. The zero-order chi connectivity index (χ0) is 20.9. The molecule has 28 heavy (non-hydrogen) atoms. The van der Waals surface area contributed by atoms with Gasteiger partial charge in [-0.25, -0.2) is 0 Å². The number of alkyl halides is 3. The van der Waals surface area contributed by atoms with Gasteiger partial charge in [0.25, 0.3) is 17.4 Å². The summed E-state index contributed by atoms with van der Waals surface area (Å²) in [6.07, 6.45) is -3.78. The minimum atomic E-state index is -4.82. The molecule has 7 nitrogen and oxygen atoms in total. The Balaban J connectivity index is 1.87. The van der Waals surface area contributed by atoms with E-state index in [9.17, 15) is 27.6 Å². The third-order valence-corrected chi connectivity index (χ3v) is 3.55. The molecule has 1 aromatic carbocycles. The molecule has 10 heteroatoms. The summed E-state index contributed by atoms with van der Waals surface area (Å²) in [6, 6.07) is 7.04. The summed E-state index contributed by atoms with van der Waals surface area (Å²) in [6.45, 7) is 2.67. The molecule has 0 saturated carbocycles. The summed E-state index contributed by atoms with van der Waals surface area (Å²) >= 11 is 0. The van der Waals surface area contributed by atoms with Crippen molar-refractivity contribution in [1.29, 1.82) is 0 Å². The predicted molar refractivity (Wildman–Crippen MR) is 93.4 cm³/mol. The molecular formula is C18H18F3N3O4. The van der Waals surface area contributed by atoms with Gasteiger partial charge in [0.1, 0.15) is 17.9 Å². The topological polar surface area (TPSA) is 89.4 Å². The van der Waals surface area contributed by atoms with Crippen LogP contribution in [0.2, 0.25) is 0 Å². The molecule has 2 aromatic rings. The Kier molecular flexibility index (Phi) is 6.45. The Bertz CT molecular complexity index is 918. The van der Waals surface area contributed by atoms with Crippen LogP contribution in [0.4, 0.5) is 13.2 Å². The van der Waals surface area contributed by atoms with Gasteiger partial charge >= 0.3 is 6.18 Å². The van der Waals surface area contributed by atoms with Crippen LogP contribution in [0.3, 0.4) is 0 Å². The summed E-state index contributed by atoms with van der Waals surface area (Å²) in [4.78, 5) is 35.3. The molecule has 150 valence electrons. The van der Waals surface area contributed by atoms with Crippen molar-refractivity contribution in [3.8, 4) is 5.75 Å². The zero-order valence-electron chi connectivity index (χ0n) is 15.1. The number of halogens is 3. The molecule has 0 bridgehead atoms. The van der Waals surface area contributed by atoms with E-state index in [1.807, 2.05) is 25.3 Å². The molecule has 0 spiro atoms. The number of hydrogen-bond donors (Lipinski definition) is 2. The van der Waals surface area contributed by atoms with Crippen LogP contribution in [0.1, 0.15) is 16.7 Å². The van der Waals surface area contributed by atoms with Crippen LogP contribution in [-0.4, -0.2) is 23.0 Å². The Labute approximate surface area is 158 Å². The number of carbonyl (C=O) groups is 2. The first-order chi connectivity index (χ1) is 13.1. The molecule has 2 amide bonds. The summed E-state index contributed by atoms with van der Waals surface area (Å²) < 4.78 is 44.0. The number of hydrogen-bond acceptors (Lipinski definition) is 4.